The van der Waals surface area contributed by atoms with Gasteiger partial charge in [0.1, 0.15) is 0 Å². The summed E-state index contributed by atoms with van der Waals surface area (Å²) in [6, 6.07) is 0.975. The van der Waals surface area contributed by atoms with Crippen LogP contribution in [0.3, 0.4) is 0 Å². The third-order valence-electron chi connectivity index (χ3n) is 4.67. The summed E-state index contributed by atoms with van der Waals surface area (Å²) in [5.74, 6) is 2.07. The molecule has 4 heteroatoms. The highest BCUT2D eigenvalue weighted by Gasteiger charge is 2.34. The largest absolute Gasteiger partial charge is 0.351 e. The molecular weight excluding hydrogens is 256 g/mol. The van der Waals surface area contributed by atoms with Crippen LogP contribution in [-0.2, 0) is 4.79 Å². The quantitative estimate of drug-likeness (QED) is 0.815. The molecule has 0 spiro atoms. The zero-order chi connectivity index (χ0) is 13.7. The third-order valence-corrected chi connectivity index (χ3v) is 5.41. The van der Waals surface area contributed by atoms with Crippen molar-refractivity contribution in [1.29, 1.82) is 0 Å². The monoisotopic (exact) mass is 284 g/mol. The van der Waals surface area contributed by atoms with Crippen LogP contribution >= 0.6 is 11.8 Å². The minimum Gasteiger partial charge on any atom is -0.351 e. The first kappa shape index (κ1) is 15.2. The van der Waals surface area contributed by atoms with Gasteiger partial charge in [-0.15, -0.1) is 0 Å². The van der Waals surface area contributed by atoms with E-state index >= 15 is 0 Å². The average molecular weight is 284 g/mol. The number of carbonyl (C=O) groups is 1. The number of hydrogen-bond acceptors (Lipinski definition) is 3. The number of nitrogens with one attached hydrogen (secondary N) is 2. The standard InChI is InChI=1S/C15H28N2OS/c1-3-12(10-19-2)16-15(18)14-9-8-11-6-4-5-7-13(11)17-14/h11-14,17H,3-10H2,1-2H3,(H,16,18). The van der Waals surface area contributed by atoms with Gasteiger partial charge in [0.05, 0.1) is 6.04 Å². The van der Waals surface area contributed by atoms with E-state index in [4.69, 9.17) is 0 Å². The van der Waals surface area contributed by atoms with Gasteiger partial charge in [-0.2, -0.15) is 11.8 Å². The van der Waals surface area contributed by atoms with Crippen molar-refractivity contribution in [2.24, 2.45) is 5.92 Å². The summed E-state index contributed by atoms with van der Waals surface area (Å²) in [6.45, 7) is 2.15. The summed E-state index contributed by atoms with van der Waals surface area (Å²) in [7, 11) is 0. The molecular formula is C15H28N2OS. The van der Waals surface area contributed by atoms with Crippen LogP contribution in [0.25, 0.3) is 0 Å². The highest BCUT2D eigenvalue weighted by Crippen LogP contribution is 2.32. The van der Waals surface area contributed by atoms with Crippen molar-refractivity contribution >= 4 is 17.7 Å². The lowest BCUT2D eigenvalue weighted by Crippen LogP contribution is -2.56. The summed E-state index contributed by atoms with van der Waals surface area (Å²) in [6.07, 6.45) is 10.7. The van der Waals surface area contributed by atoms with Crippen molar-refractivity contribution in [3.8, 4) is 0 Å². The van der Waals surface area contributed by atoms with Crippen molar-refractivity contribution in [2.75, 3.05) is 12.0 Å². The first-order valence-electron chi connectivity index (χ1n) is 7.80. The molecule has 1 heterocycles. The molecule has 2 N–H and O–H groups in total. The van der Waals surface area contributed by atoms with E-state index in [1.165, 1.54) is 32.1 Å². The summed E-state index contributed by atoms with van der Waals surface area (Å²) in [4.78, 5) is 12.3. The summed E-state index contributed by atoms with van der Waals surface area (Å²) >= 11 is 1.81. The number of fused-ring (bicyclic) bond motifs is 1. The van der Waals surface area contributed by atoms with Gasteiger partial charge in [0.15, 0.2) is 0 Å². The molecule has 1 amide bonds. The van der Waals surface area contributed by atoms with Crippen molar-refractivity contribution in [1.82, 2.24) is 10.6 Å². The van der Waals surface area contributed by atoms with E-state index in [-0.39, 0.29) is 11.9 Å². The van der Waals surface area contributed by atoms with Gasteiger partial charge >= 0.3 is 0 Å². The lowest BCUT2D eigenvalue weighted by Gasteiger charge is -2.40. The van der Waals surface area contributed by atoms with Crippen LogP contribution < -0.4 is 10.6 Å². The molecule has 4 atom stereocenters. The van der Waals surface area contributed by atoms with Gasteiger partial charge < -0.3 is 10.6 Å². The number of thioether (sulfide) groups is 1. The first-order chi connectivity index (χ1) is 9.24. The molecule has 2 fully saturated rings. The van der Waals surface area contributed by atoms with E-state index in [1.54, 1.807) is 11.8 Å². The Morgan fingerprint density at radius 1 is 1.32 bits per heavy atom. The van der Waals surface area contributed by atoms with E-state index in [0.717, 1.165) is 24.5 Å². The second kappa shape index (κ2) is 7.53. The smallest absolute Gasteiger partial charge is 0.237 e. The zero-order valence-electron chi connectivity index (χ0n) is 12.3. The van der Waals surface area contributed by atoms with E-state index in [0.29, 0.717) is 12.1 Å². The van der Waals surface area contributed by atoms with Gasteiger partial charge in [0.2, 0.25) is 5.91 Å². The Hall–Kier alpha value is -0.220. The van der Waals surface area contributed by atoms with Crippen LogP contribution in [-0.4, -0.2) is 36.0 Å². The molecule has 0 aromatic carbocycles. The molecule has 1 saturated heterocycles. The average Bonchev–Trinajstić information content (AvgIpc) is 2.46. The van der Waals surface area contributed by atoms with Crippen LogP contribution in [0.1, 0.15) is 51.9 Å². The predicted octanol–water partition coefficient (Wildman–Crippen LogP) is 2.55. The van der Waals surface area contributed by atoms with Gasteiger partial charge in [-0.3, -0.25) is 4.79 Å². The fourth-order valence-corrected chi connectivity index (χ4v) is 4.19. The van der Waals surface area contributed by atoms with Gasteiger partial charge in [-0.1, -0.05) is 19.8 Å². The van der Waals surface area contributed by atoms with Gasteiger partial charge in [-0.25, -0.2) is 0 Å². The van der Waals surface area contributed by atoms with E-state index < -0.39 is 0 Å². The zero-order valence-corrected chi connectivity index (χ0v) is 13.1. The minimum absolute atomic E-state index is 0.0512. The van der Waals surface area contributed by atoms with E-state index in [9.17, 15) is 4.79 Å². The van der Waals surface area contributed by atoms with E-state index in [1.807, 2.05) is 0 Å². The molecule has 1 aliphatic carbocycles. The van der Waals surface area contributed by atoms with Gasteiger partial charge in [0, 0.05) is 17.8 Å². The molecule has 110 valence electrons. The number of rotatable bonds is 5. The maximum Gasteiger partial charge on any atom is 0.237 e. The topological polar surface area (TPSA) is 41.1 Å². The molecule has 1 aliphatic heterocycles. The molecule has 4 unspecified atom stereocenters. The van der Waals surface area contributed by atoms with Crippen molar-refractivity contribution in [3.05, 3.63) is 0 Å². The molecule has 3 nitrogen and oxygen atoms in total. The first-order valence-corrected chi connectivity index (χ1v) is 9.19. The molecule has 2 rings (SSSR count). The van der Waals surface area contributed by atoms with Crippen molar-refractivity contribution < 1.29 is 4.79 Å². The maximum atomic E-state index is 12.3. The second-order valence-corrected chi connectivity index (χ2v) is 6.93. The molecule has 1 saturated carbocycles. The van der Waals surface area contributed by atoms with Crippen LogP contribution in [0.2, 0.25) is 0 Å². The van der Waals surface area contributed by atoms with E-state index in [2.05, 4.69) is 23.8 Å². The van der Waals surface area contributed by atoms with Crippen LogP contribution in [0, 0.1) is 5.92 Å². The molecule has 0 aromatic heterocycles. The van der Waals surface area contributed by atoms with Crippen LogP contribution in [0.5, 0.6) is 0 Å². The third kappa shape index (κ3) is 4.12. The Balaban J connectivity index is 1.82. The Kier molecular flexibility index (Phi) is 6.02. The summed E-state index contributed by atoms with van der Waals surface area (Å²) in [5.41, 5.74) is 0. The Morgan fingerprint density at radius 3 is 2.84 bits per heavy atom. The molecule has 2 aliphatic rings. The van der Waals surface area contributed by atoms with Gasteiger partial charge in [0.25, 0.3) is 0 Å². The molecule has 0 bridgehead atoms. The normalized spacial score (nSPS) is 32.4. The number of piperidine rings is 1. The second-order valence-electron chi connectivity index (χ2n) is 6.02. The maximum absolute atomic E-state index is 12.3. The number of hydrogen-bond donors (Lipinski definition) is 2. The van der Waals surface area contributed by atoms with Crippen LogP contribution in [0.4, 0.5) is 0 Å². The van der Waals surface area contributed by atoms with Crippen molar-refractivity contribution in [2.45, 2.75) is 70.0 Å². The summed E-state index contributed by atoms with van der Waals surface area (Å²) in [5, 5.41) is 6.82. The Labute approximate surface area is 121 Å². The molecule has 19 heavy (non-hydrogen) atoms. The summed E-state index contributed by atoms with van der Waals surface area (Å²) < 4.78 is 0. The number of carbonyl (C=O) groups excluding carboxylic acids is 1. The predicted molar refractivity (Wildman–Crippen MR) is 82.5 cm³/mol. The molecule has 0 aromatic rings. The SMILES string of the molecule is CCC(CSC)NC(=O)C1CCC2CCCCC2N1. The van der Waals surface area contributed by atoms with Gasteiger partial charge in [-0.05, 0) is 44.3 Å². The Morgan fingerprint density at radius 2 is 2.11 bits per heavy atom. The highest BCUT2D eigenvalue weighted by molar-refractivity contribution is 7.98. The highest BCUT2D eigenvalue weighted by atomic mass is 32.2. The Bertz CT molecular complexity index is 298. The van der Waals surface area contributed by atoms with Crippen LogP contribution in [0.15, 0.2) is 0 Å². The lowest BCUT2D eigenvalue weighted by atomic mass is 9.77. The van der Waals surface area contributed by atoms with Crippen molar-refractivity contribution in [3.63, 3.8) is 0 Å². The molecule has 0 radical (unpaired) electrons. The lowest BCUT2D eigenvalue weighted by molar-refractivity contribution is -0.125. The fraction of sp³-hybridized carbons (Fsp3) is 0.933. The fourth-order valence-electron chi connectivity index (χ4n) is 3.47. The minimum atomic E-state index is 0.0512. The number of amides is 1.